The molecule has 0 aliphatic rings. The van der Waals surface area contributed by atoms with Crippen molar-refractivity contribution in [2.45, 2.75) is 19.3 Å². The number of hydrogen-bond donors (Lipinski definition) is 0. The van der Waals surface area contributed by atoms with Crippen LogP contribution in [0.25, 0.3) is 0 Å². The molecule has 0 amide bonds. The molecule has 4 heteroatoms. The second-order valence-corrected chi connectivity index (χ2v) is 5.30. The summed E-state index contributed by atoms with van der Waals surface area (Å²) in [6.07, 6.45) is 0. The smallest absolute Gasteiger partial charge is 0.123 e. The van der Waals surface area contributed by atoms with Crippen molar-refractivity contribution in [1.29, 1.82) is 0 Å². The van der Waals surface area contributed by atoms with Crippen molar-refractivity contribution >= 4 is 28.6 Å². The van der Waals surface area contributed by atoms with Gasteiger partial charge < -0.3 is 4.90 Å². The molecule has 1 heterocycles. The molecular weight excluding hydrogens is 269 g/mol. The molecule has 0 fully saturated rings. The van der Waals surface area contributed by atoms with Crippen LogP contribution in [-0.4, -0.2) is 6.54 Å². The molecule has 96 valence electrons. The van der Waals surface area contributed by atoms with Crippen LogP contribution in [0.15, 0.2) is 35.7 Å². The lowest BCUT2D eigenvalue weighted by atomic mass is 10.1. The largest absolute Gasteiger partial charge is 0.366 e. The maximum absolute atomic E-state index is 13.2. The van der Waals surface area contributed by atoms with Crippen LogP contribution in [-0.2, 0) is 12.4 Å². The van der Waals surface area contributed by atoms with Gasteiger partial charge in [-0.05, 0) is 42.1 Å². The Morgan fingerprint density at radius 2 is 2.17 bits per heavy atom. The van der Waals surface area contributed by atoms with E-state index in [-0.39, 0.29) is 5.82 Å². The van der Waals surface area contributed by atoms with Gasteiger partial charge >= 0.3 is 0 Å². The Morgan fingerprint density at radius 1 is 1.33 bits per heavy atom. The van der Waals surface area contributed by atoms with Crippen LogP contribution >= 0.6 is 22.9 Å². The molecule has 0 atom stereocenters. The van der Waals surface area contributed by atoms with Crippen molar-refractivity contribution in [3.8, 4) is 0 Å². The summed E-state index contributed by atoms with van der Waals surface area (Å²) in [5, 5.41) is 2.07. The third-order valence-electron chi connectivity index (χ3n) is 2.83. The van der Waals surface area contributed by atoms with Crippen molar-refractivity contribution in [1.82, 2.24) is 0 Å². The van der Waals surface area contributed by atoms with Gasteiger partial charge in [-0.2, -0.15) is 0 Å². The van der Waals surface area contributed by atoms with E-state index in [1.165, 1.54) is 17.0 Å². The molecule has 1 aromatic heterocycles. The van der Waals surface area contributed by atoms with E-state index in [0.717, 1.165) is 24.3 Å². The van der Waals surface area contributed by atoms with E-state index in [0.29, 0.717) is 5.88 Å². The summed E-state index contributed by atoms with van der Waals surface area (Å²) in [5.41, 5.74) is 1.86. The number of halogens is 2. The molecule has 0 saturated heterocycles. The van der Waals surface area contributed by atoms with Crippen molar-refractivity contribution in [2.24, 2.45) is 0 Å². The van der Waals surface area contributed by atoms with Gasteiger partial charge in [-0.3, -0.25) is 0 Å². The van der Waals surface area contributed by atoms with Gasteiger partial charge in [-0.1, -0.05) is 6.07 Å². The van der Waals surface area contributed by atoms with E-state index in [1.54, 1.807) is 11.3 Å². The van der Waals surface area contributed by atoms with E-state index in [2.05, 4.69) is 23.3 Å². The van der Waals surface area contributed by atoms with Gasteiger partial charge in [-0.15, -0.1) is 22.9 Å². The molecule has 2 aromatic rings. The van der Waals surface area contributed by atoms with E-state index in [1.807, 2.05) is 12.1 Å². The quantitative estimate of drug-likeness (QED) is 0.722. The lowest BCUT2D eigenvalue weighted by molar-refractivity contribution is 0.626. The minimum Gasteiger partial charge on any atom is -0.366 e. The molecule has 1 nitrogen and oxygen atoms in total. The zero-order valence-electron chi connectivity index (χ0n) is 10.2. The van der Waals surface area contributed by atoms with Gasteiger partial charge in [0.2, 0.25) is 0 Å². The maximum atomic E-state index is 13.2. The molecule has 0 spiro atoms. The normalized spacial score (nSPS) is 10.6. The van der Waals surface area contributed by atoms with E-state index in [9.17, 15) is 4.39 Å². The van der Waals surface area contributed by atoms with E-state index >= 15 is 0 Å². The van der Waals surface area contributed by atoms with Crippen LogP contribution in [0, 0.1) is 5.82 Å². The highest BCUT2D eigenvalue weighted by Crippen LogP contribution is 2.25. The maximum Gasteiger partial charge on any atom is 0.123 e. The summed E-state index contributed by atoms with van der Waals surface area (Å²) in [7, 11) is 0. The molecule has 2 rings (SSSR count). The standard InChI is InChI=1S/C14H15ClFNS/c1-2-17(10-13-4-3-7-18-13)14-6-5-12(16)8-11(14)9-15/h3-8H,2,9-10H2,1H3. The Morgan fingerprint density at radius 3 is 2.78 bits per heavy atom. The van der Waals surface area contributed by atoms with Crippen molar-refractivity contribution < 1.29 is 4.39 Å². The fourth-order valence-electron chi connectivity index (χ4n) is 1.93. The predicted octanol–water partition coefficient (Wildman–Crippen LogP) is 4.65. The molecule has 0 saturated carbocycles. The predicted molar refractivity (Wildman–Crippen MR) is 77.0 cm³/mol. The highest BCUT2D eigenvalue weighted by atomic mass is 35.5. The topological polar surface area (TPSA) is 3.24 Å². The van der Waals surface area contributed by atoms with Crippen LogP contribution in [0.1, 0.15) is 17.4 Å². The van der Waals surface area contributed by atoms with Gasteiger partial charge in [0.1, 0.15) is 5.82 Å². The average Bonchev–Trinajstić information content (AvgIpc) is 2.89. The zero-order chi connectivity index (χ0) is 13.0. The van der Waals surface area contributed by atoms with Crippen molar-refractivity contribution in [3.05, 3.63) is 52.0 Å². The van der Waals surface area contributed by atoms with Crippen molar-refractivity contribution in [3.63, 3.8) is 0 Å². The zero-order valence-corrected chi connectivity index (χ0v) is 11.8. The Balaban J connectivity index is 2.26. The number of hydrogen-bond acceptors (Lipinski definition) is 2. The first-order chi connectivity index (χ1) is 8.74. The number of thiophene rings is 1. The summed E-state index contributed by atoms with van der Waals surface area (Å²) < 4.78 is 13.2. The number of rotatable bonds is 5. The van der Waals surface area contributed by atoms with Gasteiger partial charge in [0, 0.05) is 23.0 Å². The van der Waals surface area contributed by atoms with Crippen LogP contribution < -0.4 is 4.90 Å². The van der Waals surface area contributed by atoms with E-state index in [4.69, 9.17) is 11.6 Å². The van der Waals surface area contributed by atoms with Crippen molar-refractivity contribution in [2.75, 3.05) is 11.4 Å². The molecular formula is C14H15ClFNS. The van der Waals surface area contributed by atoms with Gasteiger partial charge in [-0.25, -0.2) is 4.39 Å². The molecule has 0 unspecified atom stereocenters. The summed E-state index contributed by atoms with van der Waals surface area (Å²) in [5.74, 6) is 0.0928. The van der Waals surface area contributed by atoms with Gasteiger partial charge in [0.25, 0.3) is 0 Å². The first kappa shape index (κ1) is 13.4. The molecule has 0 aliphatic carbocycles. The first-order valence-electron chi connectivity index (χ1n) is 5.86. The summed E-state index contributed by atoms with van der Waals surface area (Å²) in [6.45, 7) is 3.80. The number of anilines is 1. The second-order valence-electron chi connectivity index (χ2n) is 4.00. The Kier molecular flexibility index (Phi) is 4.61. The number of alkyl halides is 1. The summed E-state index contributed by atoms with van der Waals surface area (Å²) in [6, 6.07) is 8.96. The minimum absolute atomic E-state index is 0.235. The highest BCUT2D eigenvalue weighted by Gasteiger charge is 2.11. The SMILES string of the molecule is CCN(Cc1cccs1)c1ccc(F)cc1CCl. The first-order valence-corrected chi connectivity index (χ1v) is 7.27. The average molecular weight is 284 g/mol. The summed E-state index contributed by atoms with van der Waals surface area (Å²) in [4.78, 5) is 3.50. The monoisotopic (exact) mass is 283 g/mol. The molecule has 0 radical (unpaired) electrons. The lowest BCUT2D eigenvalue weighted by Crippen LogP contribution is -2.22. The van der Waals surface area contributed by atoms with Crippen LogP contribution in [0.3, 0.4) is 0 Å². The molecule has 18 heavy (non-hydrogen) atoms. The molecule has 1 aromatic carbocycles. The van der Waals surface area contributed by atoms with Crippen LogP contribution in [0.5, 0.6) is 0 Å². The van der Waals surface area contributed by atoms with Crippen LogP contribution in [0.2, 0.25) is 0 Å². The van der Waals surface area contributed by atoms with Crippen LogP contribution in [0.4, 0.5) is 10.1 Å². The molecule has 0 aliphatic heterocycles. The molecule has 0 N–H and O–H groups in total. The second kappa shape index (κ2) is 6.21. The molecule has 0 bridgehead atoms. The number of nitrogens with zero attached hydrogens (tertiary/aromatic N) is 1. The third kappa shape index (κ3) is 3.03. The van der Waals surface area contributed by atoms with Gasteiger partial charge in [0.15, 0.2) is 0 Å². The highest BCUT2D eigenvalue weighted by molar-refractivity contribution is 7.09. The fourth-order valence-corrected chi connectivity index (χ4v) is 2.86. The number of benzene rings is 1. The summed E-state index contributed by atoms with van der Waals surface area (Å²) >= 11 is 7.63. The Bertz CT molecular complexity index is 499. The third-order valence-corrected chi connectivity index (χ3v) is 3.98. The minimum atomic E-state index is -0.235. The fraction of sp³-hybridized carbons (Fsp3) is 0.286. The van der Waals surface area contributed by atoms with E-state index < -0.39 is 0 Å². The lowest BCUT2D eigenvalue weighted by Gasteiger charge is -2.24. The Hall–Kier alpha value is -1.06. The van der Waals surface area contributed by atoms with Gasteiger partial charge in [0.05, 0.1) is 6.54 Å². The Labute approximate surface area is 116 Å².